The van der Waals surface area contributed by atoms with E-state index in [0.29, 0.717) is 22.1 Å². The van der Waals surface area contributed by atoms with Crippen molar-refractivity contribution in [2.75, 3.05) is 29.5 Å². The molecule has 0 amide bonds. The Morgan fingerprint density at radius 3 is 2.81 bits per heavy atom. The van der Waals surface area contributed by atoms with Crippen molar-refractivity contribution >= 4 is 44.3 Å². The second kappa shape index (κ2) is 7.05. The topological polar surface area (TPSA) is 105 Å². The fourth-order valence-electron chi connectivity index (χ4n) is 3.37. The first-order valence-corrected chi connectivity index (χ1v) is 11.3. The number of aromatic nitrogens is 3. The van der Waals surface area contributed by atoms with Crippen LogP contribution in [0.5, 0.6) is 0 Å². The Morgan fingerprint density at radius 1 is 1.30 bits per heavy atom. The Kier molecular flexibility index (Phi) is 4.73. The van der Waals surface area contributed by atoms with Crippen LogP contribution in [0.1, 0.15) is 13.3 Å². The van der Waals surface area contributed by atoms with Gasteiger partial charge in [-0.15, -0.1) is 0 Å². The number of nitrogens with two attached hydrogens (primary N) is 1. The fraction of sp³-hybridized carbons (Fsp3) is 0.333. The van der Waals surface area contributed by atoms with Crippen LogP contribution < -0.4 is 10.6 Å². The van der Waals surface area contributed by atoms with Crippen molar-refractivity contribution < 1.29 is 8.42 Å². The third kappa shape index (κ3) is 3.14. The van der Waals surface area contributed by atoms with E-state index < -0.39 is 9.84 Å². The maximum atomic E-state index is 13.1. The van der Waals surface area contributed by atoms with Crippen molar-refractivity contribution in [2.24, 2.45) is 0 Å². The highest BCUT2D eigenvalue weighted by atomic mass is 32.2. The zero-order chi connectivity index (χ0) is 19.0. The molecule has 7 nitrogen and oxygen atoms in total. The zero-order valence-corrected chi connectivity index (χ0v) is 16.6. The number of nitrogens with one attached hydrogen (secondary N) is 1. The molecule has 0 spiro atoms. The molecule has 1 saturated heterocycles. The van der Waals surface area contributed by atoms with Crippen LogP contribution in [0.2, 0.25) is 0 Å². The predicted octanol–water partition coefficient (Wildman–Crippen LogP) is 2.70. The third-order valence-electron chi connectivity index (χ3n) is 4.76. The van der Waals surface area contributed by atoms with E-state index in [1.54, 1.807) is 30.3 Å². The van der Waals surface area contributed by atoms with Gasteiger partial charge in [0.25, 0.3) is 0 Å². The Morgan fingerprint density at radius 2 is 2.07 bits per heavy atom. The van der Waals surface area contributed by atoms with E-state index in [0.717, 1.165) is 25.3 Å². The maximum Gasteiger partial charge on any atom is 0.212 e. The summed E-state index contributed by atoms with van der Waals surface area (Å²) in [6.07, 6.45) is 2.49. The molecule has 9 heteroatoms. The van der Waals surface area contributed by atoms with Crippen LogP contribution in [0, 0.1) is 0 Å². The van der Waals surface area contributed by atoms with Crippen LogP contribution in [-0.4, -0.2) is 47.5 Å². The Labute approximate surface area is 162 Å². The van der Waals surface area contributed by atoms with Crippen molar-refractivity contribution in [1.82, 2.24) is 15.0 Å². The summed E-state index contributed by atoms with van der Waals surface area (Å²) in [4.78, 5) is 14.1. The summed E-state index contributed by atoms with van der Waals surface area (Å²) in [7, 11) is -3.78. The van der Waals surface area contributed by atoms with Crippen LogP contribution in [0.25, 0.3) is 11.0 Å². The SMILES string of the molecule is CCC1CN(c2ncnc3c(S(=O)(=O)c4ccccc4)c(N)[nH]c23)CCS1. The number of sulfone groups is 1. The first-order chi connectivity index (χ1) is 13.0. The molecule has 3 aromatic rings. The van der Waals surface area contributed by atoms with E-state index >= 15 is 0 Å². The number of anilines is 2. The number of fused-ring (bicyclic) bond motifs is 1. The van der Waals surface area contributed by atoms with Crippen LogP contribution in [-0.2, 0) is 9.84 Å². The minimum absolute atomic E-state index is 0.0192. The van der Waals surface area contributed by atoms with Crippen molar-refractivity contribution in [2.45, 2.75) is 28.4 Å². The van der Waals surface area contributed by atoms with Gasteiger partial charge in [0.05, 0.1) is 4.90 Å². The van der Waals surface area contributed by atoms with E-state index in [2.05, 4.69) is 26.8 Å². The molecule has 1 aliphatic rings. The summed E-state index contributed by atoms with van der Waals surface area (Å²) in [5.41, 5.74) is 7.02. The van der Waals surface area contributed by atoms with Gasteiger partial charge in [-0.2, -0.15) is 11.8 Å². The number of hydrogen-bond donors (Lipinski definition) is 2. The van der Waals surface area contributed by atoms with Crippen molar-refractivity contribution in [3.05, 3.63) is 36.7 Å². The van der Waals surface area contributed by atoms with Gasteiger partial charge in [0.2, 0.25) is 9.84 Å². The largest absolute Gasteiger partial charge is 0.384 e. The molecule has 1 aromatic carbocycles. The molecule has 142 valence electrons. The quantitative estimate of drug-likeness (QED) is 0.690. The molecule has 2 aromatic heterocycles. The summed E-state index contributed by atoms with van der Waals surface area (Å²) in [5.74, 6) is 1.81. The summed E-state index contributed by atoms with van der Waals surface area (Å²) in [6, 6.07) is 8.27. The van der Waals surface area contributed by atoms with Gasteiger partial charge < -0.3 is 15.6 Å². The highest BCUT2D eigenvalue weighted by Crippen LogP contribution is 2.36. The van der Waals surface area contributed by atoms with E-state index in [1.807, 2.05) is 11.8 Å². The molecule has 0 bridgehead atoms. The second-order valence-corrected chi connectivity index (χ2v) is 9.75. The van der Waals surface area contributed by atoms with E-state index in [1.165, 1.54) is 6.33 Å². The number of hydrogen-bond acceptors (Lipinski definition) is 7. The van der Waals surface area contributed by atoms with Crippen LogP contribution in [0.3, 0.4) is 0 Å². The minimum Gasteiger partial charge on any atom is -0.384 e. The summed E-state index contributed by atoms with van der Waals surface area (Å²) in [5, 5.41) is 0.531. The highest BCUT2D eigenvalue weighted by Gasteiger charge is 2.29. The first-order valence-electron chi connectivity index (χ1n) is 8.81. The van der Waals surface area contributed by atoms with E-state index in [9.17, 15) is 8.42 Å². The number of H-pyrrole nitrogens is 1. The molecule has 3 heterocycles. The molecule has 27 heavy (non-hydrogen) atoms. The molecule has 1 unspecified atom stereocenters. The highest BCUT2D eigenvalue weighted by molar-refractivity contribution is 8.00. The molecule has 0 radical (unpaired) electrons. The molecule has 0 saturated carbocycles. The lowest BCUT2D eigenvalue weighted by Gasteiger charge is -2.32. The van der Waals surface area contributed by atoms with Crippen molar-refractivity contribution in [3.8, 4) is 0 Å². The Bertz CT molecular complexity index is 1070. The minimum atomic E-state index is -3.78. The lowest BCUT2D eigenvalue weighted by atomic mass is 10.3. The van der Waals surface area contributed by atoms with Gasteiger partial charge in [-0.25, -0.2) is 18.4 Å². The van der Waals surface area contributed by atoms with Gasteiger partial charge in [0.15, 0.2) is 5.82 Å². The third-order valence-corrected chi connectivity index (χ3v) is 7.98. The molecule has 4 rings (SSSR count). The average Bonchev–Trinajstić information content (AvgIpc) is 3.05. The molecule has 0 aliphatic carbocycles. The maximum absolute atomic E-state index is 13.1. The van der Waals surface area contributed by atoms with Crippen LogP contribution >= 0.6 is 11.8 Å². The first kappa shape index (κ1) is 18.1. The van der Waals surface area contributed by atoms with E-state index in [-0.39, 0.29) is 15.6 Å². The number of aromatic amines is 1. The normalized spacial score (nSPS) is 18.1. The Hall–Kier alpha value is -2.26. The monoisotopic (exact) mass is 403 g/mol. The lowest BCUT2D eigenvalue weighted by Crippen LogP contribution is -2.38. The molecule has 3 N–H and O–H groups in total. The smallest absolute Gasteiger partial charge is 0.212 e. The van der Waals surface area contributed by atoms with Gasteiger partial charge in [-0.3, -0.25) is 0 Å². The average molecular weight is 404 g/mol. The van der Waals surface area contributed by atoms with Gasteiger partial charge >= 0.3 is 0 Å². The van der Waals surface area contributed by atoms with E-state index in [4.69, 9.17) is 5.73 Å². The van der Waals surface area contributed by atoms with Crippen LogP contribution in [0.4, 0.5) is 11.6 Å². The molecular weight excluding hydrogens is 382 g/mol. The fourth-order valence-corrected chi connectivity index (χ4v) is 6.05. The van der Waals surface area contributed by atoms with Crippen molar-refractivity contribution in [1.29, 1.82) is 0 Å². The molecular formula is C18H21N5O2S2. The standard InChI is InChI=1S/C18H21N5O2S2/c1-2-12-10-23(8-9-26-12)18-15-14(20-11-21-18)16(17(19)22-15)27(24,25)13-6-4-3-5-7-13/h3-7,11-12,22H,2,8-10,19H2,1H3. The summed E-state index contributed by atoms with van der Waals surface area (Å²) < 4.78 is 26.3. The van der Waals surface area contributed by atoms with Gasteiger partial charge in [-0.05, 0) is 18.6 Å². The summed E-state index contributed by atoms with van der Waals surface area (Å²) >= 11 is 1.96. The second-order valence-electron chi connectivity index (χ2n) is 6.45. The summed E-state index contributed by atoms with van der Waals surface area (Å²) in [6.45, 7) is 3.90. The molecule has 1 fully saturated rings. The molecule has 1 atom stereocenters. The number of rotatable bonds is 4. The van der Waals surface area contributed by atoms with Crippen LogP contribution in [0.15, 0.2) is 46.5 Å². The number of nitrogen functional groups attached to an aromatic ring is 1. The number of benzene rings is 1. The lowest BCUT2D eigenvalue weighted by molar-refractivity contribution is 0.597. The van der Waals surface area contributed by atoms with Gasteiger partial charge in [-0.1, -0.05) is 25.1 Å². The predicted molar refractivity (Wildman–Crippen MR) is 109 cm³/mol. The Balaban J connectivity index is 1.85. The van der Waals surface area contributed by atoms with Gasteiger partial charge in [0, 0.05) is 24.1 Å². The van der Waals surface area contributed by atoms with Crippen molar-refractivity contribution in [3.63, 3.8) is 0 Å². The molecule has 1 aliphatic heterocycles. The number of thioether (sulfide) groups is 1. The number of nitrogens with zero attached hydrogens (tertiary/aromatic N) is 3. The zero-order valence-electron chi connectivity index (χ0n) is 14.9. The van der Waals surface area contributed by atoms with Gasteiger partial charge in [0.1, 0.15) is 28.1 Å².